The summed E-state index contributed by atoms with van der Waals surface area (Å²) in [5.74, 6) is -1.77. The molecule has 2 atom stereocenters. The number of aliphatic hydroxyl groups is 1. The van der Waals surface area contributed by atoms with E-state index < -0.39 is 29.6 Å². The van der Waals surface area contributed by atoms with Crippen LogP contribution in [0.5, 0.6) is 0 Å². The highest BCUT2D eigenvalue weighted by molar-refractivity contribution is 5.91. The molecule has 0 bridgehead atoms. The number of hydrogen-bond donors (Lipinski definition) is 4. The minimum Gasteiger partial charge on any atom is -0.479 e. The zero-order valence-corrected chi connectivity index (χ0v) is 16.6. The largest absolute Gasteiger partial charge is 0.479 e. The average Bonchev–Trinajstić information content (AvgIpc) is 2.71. The van der Waals surface area contributed by atoms with Crippen molar-refractivity contribution in [3.05, 3.63) is 0 Å². The number of aliphatic hydroxyl groups excluding tert-OH is 1. The zero-order chi connectivity index (χ0) is 20.6. The molecule has 3 amide bonds. The Bertz CT molecular complexity index is 544. The van der Waals surface area contributed by atoms with E-state index >= 15 is 0 Å². The lowest BCUT2D eigenvalue weighted by atomic mass is 9.80. The van der Waals surface area contributed by atoms with Gasteiger partial charge in [-0.2, -0.15) is 0 Å². The topological polar surface area (TPSA) is 128 Å². The van der Waals surface area contributed by atoms with Crippen LogP contribution in [0.25, 0.3) is 0 Å². The third kappa shape index (κ3) is 5.81. The van der Waals surface area contributed by atoms with Gasteiger partial charge in [0.1, 0.15) is 5.54 Å². The molecule has 9 heteroatoms. The number of urea groups is 1. The molecule has 2 aliphatic rings. The van der Waals surface area contributed by atoms with Crippen molar-refractivity contribution in [2.75, 3.05) is 26.3 Å². The van der Waals surface area contributed by atoms with Crippen molar-refractivity contribution in [2.24, 2.45) is 0 Å². The Balaban J connectivity index is 2.11. The van der Waals surface area contributed by atoms with E-state index in [1.165, 1.54) is 0 Å². The monoisotopic (exact) mass is 399 g/mol. The van der Waals surface area contributed by atoms with Crippen LogP contribution in [0.2, 0.25) is 0 Å². The predicted octanol–water partition coefficient (Wildman–Crippen LogP) is 0.852. The summed E-state index contributed by atoms with van der Waals surface area (Å²) >= 11 is 0. The highest BCUT2D eigenvalue weighted by Gasteiger charge is 2.43. The Labute approximate surface area is 165 Å². The molecule has 1 saturated heterocycles. The number of carbonyl (C=O) groups is 3. The average molecular weight is 399 g/mol. The second-order valence-corrected chi connectivity index (χ2v) is 7.68. The van der Waals surface area contributed by atoms with E-state index in [9.17, 15) is 19.5 Å². The first kappa shape index (κ1) is 22.4. The summed E-state index contributed by atoms with van der Waals surface area (Å²) in [4.78, 5) is 38.7. The fraction of sp³-hybridized carbons (Fsp3) is 0.842. The molecular weight excluding hydrogens is 366 g/mol. The molecule has 0 aromatic rings. The number of hydrogen-bond acceptors (Lipinski definition) is 5. The van der Waals surface area contributed by atoms with Gasteiger partial charge in [-0.25, -0.2) is 9.59 Å². The van der Waals surface area contributed by atoms with Crippen molar-refractivity contribution < 1.29 is 29.3 Å². The molecule has 4 N–H and O–H groups in total. The summed E-state index contributed by atoms with van der Waals surface area (Å²) in [6.45, 7) is 3.84. The SMILES string of the molecule is CCCC[C@H](NC(=O)C1(NC(=O)N2CCOCC2)CCCCC1)C(O)C(=O)O. The van der Waals surface area contributed by atoms with E-state index in [0.717, 1.165) is 25.7 Å². The molecule has 0 spiro atoms. The van der Waals surface area contributed by atoms with E-state index in [1.54, 1.807) is 4.90 Å². The van der Waals surface area contributed by atoms with Crippen molar-refractivity contribution >= 4 is 17.9 Å². The van der Waals surface area contributed by atoms with Crippen LogP contribution in [-0.2, 0) is 14.3 Å². The van der Waals surface area contributed by atoms with Crippen molar-refractivity contribution in [1.29, 1.82) is 0 Å². The van der Waals surface area contributed by atoms with Crippen LogP contribution < -0.4 is 10.6 Å². The minimum absolute atomic E-state index is 0.302. The first-order chi connectivity index (χ1) is 13.4. The fourth-order valence-electron chi connectivity index (χ4n) is 3.83. The second-order valence-electron chi connectivity index (χ2n) is 7.68. The van der Waals surface area contributed by atoms with Gasteiger partial charge in [0.05, 0.1) is 19.3 Å². The molecule has 2 rings (SSSR count). The molecule has 9 nitrogen and oxygen atoms in total. The Morgan fingerprint density at radius 3 is 2.36 bits per heavy atom. The summed E-state index contributed by atoms with van der Waals surface area (Å²) < 4.78 is 5.27. The number of amides is 3. The summed E-state index contributed by atoms with van der Waals surface area (Å²) in [7, 11) is 0. The van der Waals surface area contributed by atoms with Crippen molar-refractivity contribution in [2.45, 2.75) is 76.0 Å². The zero-order valence-electron chi connectivity index (χ0n) is 16.6. The molecular formula is C19H33N3O6. The van der Waals surface area contributed by atoms with Crippen molar-refractivity contribution in [1.82, 2.24) is 15.5 Å². The van der Waals surface area contributed by atoms with Gasteiger partial charge in [-0.15, -0.1) is 0 Å². The van der Waals surface area contributed by atoms with E-state index in [1.807, 2.05) is 6.92 Å². The number of nitrogens with zero attached hydrogens (tertiary/aromatic N) is 1. The van der Waals surface area contributed by atoms with Gasteiger partial charge in [0.25, 0.3) is 0 Å². The Kier molecular flexibility index (Phi) is 8.50. The summed E-state index contributed by atoms with van der Waals surface area (Å²) in [5.41, 5.74) is -1.07. The number of nitrogens with one attached hydrogen (secondary N) is 2. The molecule has 0 radical (unpaired) electrons. The van der Waals surface area contributed by atoms with Crippen LogP contribution in [0.4, 0.5) is 4.79 Å². The maximum Gasteiger partial charge on any atom is 0.334 e. The maximum absolute atomic E-state index is 13.2. The molecule has 1 unspecified atom stereocenters. The molecule has 1 heterocycles. The Morgan fingerprint density at radius 1 is 1.14 bits per heavy atom. The van der Waals surface area contributed by atoms with Gasteiger partial charge < -0.3 is 30.5 Å². The van der Waals surface area contributed by atoms with Crippen LogP contribution in [0.3, 0.4) is 0 Å². The summed E-state index contributed by atoms with van der Waals surface area (Å²) in [6.07, 6.45) is 3.78. The molecule has 28 heavy (non-hydrogen) atoms. The van der Waals surface area contributed by atoms with Gasteiger partial charge in [0, 0.05) is 13.1 Å². The third-order valence-electron chi connectivity index (χ3n) is 5.61. The van der Waals surface area contributed by atoms with Gasteiger partial charge >= 0.3 is 12.0 Å². The maximum atomic E-state index is 13.2. The summed E-state index contributed by atoms with van der Waals surface area (Å²) in [5, 5.41) is 24.8. The van der Waals surface area contributed by atoms with E-state index in [0.29, 0.717) is 52.0 Å². The first-order valence-electron chi connectivity index (χ1n) is 10.3. The predicted molar refractivity (Wildman–Crippen MR) is 102 cm³/mol. The third-order valence-corrected chi connectivity index (χ3v) is 5.61. The summed E-state index contributed by atoms with van der Waals surface area (Å²) in [6, 6.07) is -1.19. The number of rotatable bonds is 8. The minimum atomic E-state index is -1.67. The molecule has 0 aromatic heterocycles. The molecule has 1 aliphatic carbocycles. The van der Waals surface area contributed by atoms with Gasteiger partial charge in [-0.1, -0.05) is 39.0 Å². The fourth-order valence-corrected chi connectivity index (χ4v) is 3.83. The number of carbonyl (C=O) groups excluding carboxylic acids is 2. The lowest BCUT2D eigenvalue weighted by Gasteiger charge is -2.40. The normalized spacial score (nSPS) is 21.4. The Hall–Kier alpha value is -1.87. The van der Waals surface area contributed by atoms with Gasteiger partial charge in [0.2, 0.25) is 5.91 Å². The van der Waals surface area contributed by atoms with Crippen molar-refractivity contribution in [3.63, 3.8) is 0 Å². The molecule has 2 fully saturated rings. The molecule has 1 saturated carbocycles. The van der Waals surface area contributed by atoms with E-state index in [2.05, 4.69) is 10.6 Å². The smallest absolute Gasteiger partial charge is 0.334 e. The van der Waals surface area contributed by atoms with Crippen LogP contribution in [0.1, 0.15) is 58.3 Å². The number of carboxylic acids is 1. The molecule has 0 aromatic carbocycles. The number of aliphatic carboxylic acids is 1. The van der Waals surface area contributed by atoms with Crippen LogP contribution in [0, 0.1) is 0 Å². The lowest BCUT2D eigenvalue weighted by molar-refractivity contribution is -0.149. The number of morpholine rings is 1. The Morgan fingerprint density at radius 2 is 1.79 bits per heavy atom. The van der Waals surface area contributed by atoms with E-state index in [-0.39, 0.29) is 6.03 Å². The van der Waals surface area contributed by atoms with Gasteiger partial charge in [0.15, 0.2) is 6.10 Å². The lowest BCUT2D eigenvalue weighted by Crippen LogP contribution is -2.64. The van der Waals surface area contributed by atoms with Crippen molar-refractivity contribution in [3.8, 4) is 0 Å². The van der Waals surface area contributed by atoms with Crippen LogP contribution in [-0.4, -0.2) is 77.0 Å². The standard InChI is InChI=1S/C19H33N3O6/c1-2-3-7-14(15(23)16(24)25)20-17(26)19(8-5-4-6-9-19)21-18(27)22-10-12-28-13-11-22/h14-15,23H,2-13H2,1H3,(H,20,26)(H,21,27)(H,24,25)/t14-,15?/m0/s1. The highest BCUT2D eigenvalue weighted by Crippen LogP contribution is 2.29. The highest BCUT2D eigenvalue weighted by atomic mass is 16.5. The van der Waals surface area contributed by atoms with Gasteiger partial charge in [-0.05, 0) is 19.3 Å². The molecule has 1 aliphatic heterocycles. The number of unbranched alkanes of at least 4 members (excludes halogenated alkanes) is 1. The second kappa shape index (κ2) is 10.6. The quantitative estimate of drug-likeness (QED) is 0.479. The van der Waals surface area contributed by atoms with Gasteiger partial charge in [-0.3, -0.25) is 4.79 Å². The first-order valence-corrected chi connectivity index (χ1v) is 10.3. The molecule has 160 valence electrons. The number of ether oxygens (including phenoxy) is 1. The van der Waals surface area contributed by atoms with E-state index in [4.69, 9.17) is 9.84 Å². The van der Waals surface area contributed by atoms with Crippen LogP contribution >= 0.6 is 0 Å². The van der Waals surface area contributed by atoms with Crippen LogP contribution in [0.15, 0.2) is 0 Å². The number of carboxylic acid groups (broad SMARTS) is 1.